The molecule has 0 aliphatic heterocycles. The number of Topliss-reactive ketones (excluding diaryl/α,β-unsaturated/α-hetero) is 1. The Bertz CT molecular complexity index is 843. The van der Waals surface area contributed by atoms with Crippen LogP contribution >= 0.6 is 0 Å². The van der Waals surface area contributed by atoms with E-state index in [1.165, 1.54) is 32.6 Å². The first-order valence-electron chi connectivity index (χ1n) is 13.9. The minimum absolute atomic E-state index is 0.198. The van der Waals surface area contributed by atoms with E-state index in [1.807, 2.05) is 0 Å². The molecule has 0 aromatic rings. The number of rotatable bonds is 6. The molecule has 0 heterocycles. The fourth-order valence-corrected chi connectivity index (χ4v) is 9.50. The molecule has 3 N–H and O–H groups in total. The fraction of sp³-hybridized carbons (Fsp3) is 0.900. The van der Waals surface area contributed by atoms with Crippen molar-refractivity contribution in [2.24, 2.45) is 45.3 Å². The zero-order chi connectivity index (χ0) is 25.3. The Morgan fingerprint density at radius 3 is 2.41 bits per heavy atom. The Balaban J connectivity index is 1.57. The number of aliphatic hydroxyl groups is 3. The number of carbonyl (C=O) groups is 1. The van der Waals surface area contributed by atoms with E-state index in [0.29, 0.717) is 35.9 Å². The van der Waals surface area contributed by atoms with Gasteiger partial charge in [0.2, 0.25) is 0 Å². The van der Waals surface area contributed by atoms with Gasteiger partial charge < -0.3 is 15.3 Å². The third-order valence-corrected chi connectivity index (χ3v) is 12.3. The molecule has 4 aliphatic rings. The van der Waals surface area contributed by atoms with Gasteiger partial charge in [0, 0.05) is 11.8 Å². The van der Waals surface area contributed by atoms with Crippen LogP contribution in [-0.2, 0) is 4.79 Å². The zero-order valence-corrected chi connectivity index (χ0v) is 22.8. The summed E-state index contributed by atoms with van der Waals surface area (Å²) in [6.07, 6.45) is 10.8. The van der Waals surface area contributed by atoms with Crippen molar-refractivity contribution in [2.75, 3.05) is 6.61 Å². The number of carbonyl (C=O) groups excluding carboxylic acids is 1. The quantitative estimate of drug-likeness (QED) is 0.433. The molecule has 0 bridgehead atoms. The molecule has 9 unspecified atom stereocenters. The fourth-order valence-electron chi connectivity index (χ4n) is 9.50. The lowest BCUT2D eigenvalue weighted by Gasteiger charge is -2.63. The molecule has 0 amide bonds. The largest absolute Gasteiger partial charge is 0.393 e. The number of ketones is 1. The third kappa shape index (κ3) is 3.60. The maximum atomic E-state index is 12.8. The first kappa shape index (κ1) is 26.4. The van der Waals surface area contributed by atoms with Gasteiger partial charge in [-0.05, 0) is 98.2 Å². The molecule has 0 saturated heterocycles. The van der Waals surface area contributed by atoms with E-state index in [2.05, 4.69) is 47.6 Å². The number of fused-ring (bicyclic) bond motifs is 5. The number of aliphatic hydroxyl groups excluding tert-OH is 2. The van der Waals surface area contributed by atoms with Gasteiger partial charge in [-0.2, -0.15) is 0 Å². The molecule has 4 aliphatic carbocycles. The molecule has 3 fully saturated rings. The Morgan fingerprint density at radius 1 is 1.09 bits per heavy atom. The molecule has 4 rings (SSSR count). The summed E-state index contributed by atoms with van der Waals surface area (Å²) in [5.74, 6) is 2.55. The first-order chi connectivity index (χ1) is 15.6. The number of hydrogen-bond donors (Lipinski definition) is 3. The highest BCUT2D eigenvalue weighted by Crippen LogP contribution is 2.73. The van der Waals surface area contributed by atoms with Crippen LogP contribution in [0.5, 0.6) is 0 Å². The average Bonchev–Trinajstić information content (AvgIpc) is 3.06. The molecule has 4 nitrogen and oxygen atoms in total. The van der Waals surface area contributed by atoms with Gasteiger partial charge >= 0.3 is 0 Å². The van der Waals surface area contributed by atoms with Crippen LogP contribution in [0.3, 0.4) is 0 Å². The van der Waals surface area contributed by atoms with Crippen LogP contribution in [0.4, 0.5) is 0 Å². The summed E-state index contributed by atoms with van der Waals surface area (Å²) < 4.78 is 0. The van der Waals surface area contributed by atoms with E-state index in [4.69, 9.17) is 0 Å². The Kier molecular flexibility index (Phi) is 6.52. The van der Waals surface area contributed by atoms with Crippen molar-refractivity contribution < 1.29 is 20.1 Å². The second-order valence-corrected chi connectivity index (χ2v) is 14.2. The van der Waals surface area contributed by atoms with E-state index in [9.17, 15) is 20.1 Å². The maximum Gasteiger partial charge on any atom is 0.138 e. The smallest absolute Gasteiger partial charge is 0.138 e. The van der Waals surface area contributed by atoms with Crippen LogP contribution in [-0.4, -0.2) is 39.4 Å². The van der Waals surface area contributed by atoms with Crippen molar-refractivity contribution in [3.63, 3.8) is 0 Å². The minimum Gasteiger partial charge on any atom is -0.393 e. The molecule has 0 radical (unpaired) electrons. The van der Waals surface area contributed by atoms with Crippen molar-refractivity contribution in [2.45, 2.75) is 118 Å². The molecule has 0 spiro atoms. The van der Waals surface area contributed by atoms with Crippen LogP contribution in [0.2, 0.25) is 0 Å². The van der Waals surface area contributed by atoms with Crippen molar-refractivity contribution in [1.29, 1.82) is 0 Å². The van der Waals surface area contributed by atoms with Crippen LogP contribution in [0.25, 0.3) is 0 Å². The van der Waals surface area contributed by atoms with Gasteiger partial charge in [0.05, 0.1) is 12.7 Å². The van der Waals surface area contributed by atoms with E-state index < -0.39 is 18.3 Å². The molecular weight excluding hydrogens is 424 g/mol. The molecule has 34 heavy (non-hydrogen) atoms. The van der Waals surface area contributed by atoms with Gasteiger partial charge in [-0.1, -0.05) is 53.2 Å². The second-order valence-electron chi connectivity index (χ2n) is 14.2. The van der Waals surface area contributed by atoms with Gasteiger partial charge in [-0.3, -0.25) is 4.79 Å². The first-order valence-corrected chi connectivity index (χ1v) is 13.9. The number of allylic oxidation sites excluding steroid dienone is 2. The molecule has 0 aromatic carbocycles. The summed E-state index contributed by atoms with van der Waals surface area (Å²) in [6.45, 7) is 15.4. The van der Waals surface area contributed by atoms with Gasteiger partial charge in [0.15, 0.2) is 0 Å². The molecular formula is C30H50O4. The zero-order valence-electron chi connectivity index (χ0n) is 22.8. The summed E-state index contributed by atoms with van der Waals surface area (Å²) in [4.78, 5) is 12.8. The van der Waals surface area contributed by atoms with Gasteiger partial charge in [-0.25, -0.2) is 0 Å². The predicted octanol–water partition coefficient (Wildman–Crippen LogP) is 5.68. The molecule has 9 atom stereocenters. The lowest BCUT2D eigenvalue weighted by molar-refractivity contribution is -0.146. The standard InChI is InChI=1S/C30H50O4/c1-19(8-11-25(33)30(7,34)18-31)20-12-16-29(6)22-9-10-23-26(2,3)24(32)14-15-27(23,4)21(22)13-17-28(20,29)5/h9,19-21,23,25,31,33-34H,8,10-18H2,1-7H3. The van der Waals surface area contributed by atoms with Crippen molar-refractivity contribution in [1.82, 2.24) is 0 Å². The normalized spacial score (nSPS) is 44.8. The average molecular weight is 475 g/mol. The van der Waals surface area contributed by atoms with Gasteiger partial charge in [0.25, 0.3) is 0 Å². The summed E-state index contributed by atoms with van der Waals surface area (Å²) in [5, 5.41) is 30.0. The van der Waals surface area contributed by atoms with Crippen LogP contribution in [0, 0.1) is 45.3 Å². The Morgan fingerprint density at radius 2 is 1.76 bits per heavy atom. The van der Waals surface area contributed by atoms with Crippen LogP contribution < -0.4 is 0 Å². The van der Waals surface area contributed by atoms with E-state index >= 15 is 0 Å². The van der Waals surface area contributed by atoms with Crippen molar-refractivity contribution >= 4 is 5.78 Å². The lowest BCUT2D eigenvalue weighted by Crippen LogP contribution is -2.57. The third-order valence-electron chi connectivity index (χ3n) is 12.3. The second kappa shape index (κ2) is 8.42. The highest BCUT2D eigenvalue weighted by Gasteiger charge is 2.65. The summed E-state index contributed by atoms with van der Waals surface area (Å²) >= 11 is 0. The Labute approximate surface area is 207 Å². The Hall–Kier alpha value is -0.710. The lowest BCUT2D eigenvalue weighted by atomic mass is 9.41. The minimum atomic E-state index is -1.43. The maximum absolute atomic E-state index is 12.8. The van der Waals surface area contributed by atoms with Gasteiger partial charge in [-0.15, -0.1) is 0 Å². The highest BCUT2D eigenvalue weighted by atomic mass is 16.4. The van der Waals surface area contributed by atoms with E-state index in [0.717, 1.165) is 25.7 Å². The number of hydrogen-bond acceptors (Lipinski definition) is 4. The van der Waals surface area contributed by atoms with Crippen LogP contribution in [0.1, 0.15) is 106 Å². The molecule has 0 aromatic heterocycles. The summed E-state index contributed by atoms with van der Waals surface area (Å²) in [7, 11) is 0. The van der Waals surface area contributed by atoms with Crippen molar-refractivity contribution in [3.8, 4) is 0 Å². The van der Waals surface area contributed by atoms with E-state index in [1.54, 1.807) is 5.57 Å². The molecule has 3 saturated carbocycles. The SMILES string of the molecule is CC(CCC(O)C(C)(O)CO)C1CCC2(C)C3=CCC4C(C)(C)C(=O)CCC4(C)C3CCC12C. The summed E-state index contributed by atoms with van der Waals surface area (Å²) in [6, 6.07) is 0. The highest BCUT2D eigenvalue weighted by molar-refractivity contribution is 5.85. The van der Waals surface area contributed by atoms with Crippen molar-refractivity contribution in [3.05, 3.63) is 11.6 Å². The topological polar surface area (TPSA) is 77.8 Å². The molecule has 194 valence electrons. The molecule has 4 heteroatoms. The predicted molar refractivity (Wildman–Crippen MR) is 136 cm³/mol. The summed E-state index contributed by atoms with van der Waals surface area (Å²) in [5.41, 5.74) is 0.699. The van der Waals surface area contributed by atoms with Gasteiger partial charge in [0.1, 0.15) is 11.4 Å². The monoisotopic (exact) mass is 474 g/mol. The van der Waals surface area contributed by atoms with E-state index in [-0.39, 0.29) is 21.7 Å². The van der Waals surface area contributed by atoms with Crippen LogP contribution in [0.15, 0.2) is 11.6 Å².